The molecule has 0 aliphatic heterocycles. The zero-order chi connectivity index (χ0) is 10.1. The Balaban J connectivity index is 2.05. The minimum absolute atomic E-state index is 0.294. The van der Waals surface area contributed by atoms with Gasteiger partial charge in [0.2, 0.25) is 0 Å². The third-order valence-electron chi connectivity index (χ3n) is 3.12. The van der Waals surface area contributed by atoms with Gasteiger partial charge in [-0.1, -0.05) is 37.1 Å². The van der Waals surface area contributed by atoms with Crippen molar-refractivity contribution in [1.29, 1.82) is 0 Å². The lowest BCUT2D eigenvalue weighted by atomic mass is 10.0. The molecule has 0 heterocycles. The third kappa shape index (κ3) is 1.94. The standard InChI is InChI=1S/C12H15ClO/c1-2-8-7-11(8)12(14)9-3-5-10(13)6-4-9/h3-6,8,11-12,14H,2,7H2,1H3/t8-,11-,12?/m1/s1. The van der Waals surface area contributed by atoms with E-state index in [2.05, 4.69) is 6.92 Å². The van der Waals surface area contributed by atoms with E-state index in [1.54, 1.807) is 0 Å². The molecule has 1 aromatic carbocycles. The number of hydrogen-bond acceptors (Lipinski definition) is 1. The van der Waals surface area contributed by atoms with E-state index in [1.807, 2.05) is 24.3 Å². The van der Waals surface area contributed by atoms with Gasteiger partial charge in [0.05, 0.1) is 6.10 Å². The molecular weight excluding hydrogens is 196 g/mol. The summed E-state index contributed by atoms with van der Waals surface area (Å²) in [7, 11) is 0. The van der Waals surface area contributed by atoms with Crippen molar-refractivity contribution >= 4 is 11.6 Å². The Morgan fingerprint density at radius 3 is 2.57 bits per heavy atom. The van der Waals surface area contributed by atoms with Gasteiger partial charge in [0.15, 0.2) is 0 Å². The van der Waals surface area contributed by atoms with Gasteiger partial charge in [-0.2, -0.15) is 0 Å². The molecule has 1 unspecified atom stereocenters. The van der Waals surface area contributed by atoms with Gasteiger partial charge in [-0.25, -0.2) is 0 Å². The van der Waals surface area contributed by atoms with Crippen LogP contribution in [0.4, 0.5) is 0 Å². The van der Waals surface area contributed by atoms with Crippen LogP contribution in [0.15, 0.2) is 24.3 Å². The molecule has 2 heteroatoms. The second-order valence-electron chi connectivity index (χ2n) is 4.06. The summed E-state index contributed by atoms with van der Waals surface area (Å²) < 4.78 is 0. The fourth-order valence-electron chi connectivity index (χ4n) is 2.03. The molecular formula is C12H15ClO. The summed E-state index contributed by atoms with van der Waals surface area (Å²) in [6, 6.07) is 7.50. The summed E-state index contributed by atoms with van der Waals surface area (Å²) in [6.07, 6.45) is 2.05. The van der Waals surface area contributed by atoms with Crippen molar-refractivity contribution in [2.75, 3.05) is 0 Å². The first-order valence-corrected chi connectivity index (χ1v) is 5.53. The van der Waals surface area contributed by atoms with E-state index in [-0.39, 0.29) is 6.10 Å². The molecule has 1 aromatic rings. The number of benzene rings is 1. The highest BCUT2D eigenvalue weighted by Gasteiger charge is 2.41. The highest BCUT2D eigenvalue weighted by Crippen LogP contribution is 2.49. The number of halogens is 1. The average molecular weight is 211 g/mol. The first kappa shape index (κ1) is 10.0. The molecule has 1 saturated carbocycles. The molecule has 1 aliphatic rings. The van der Waals surface area contributed by atoms with Crippen LogP contribution in [-0.4, -0.2) is 5.11 Å². The Kier molecular flexibility index (Phi) is 2.80. The van der Waals surface area contributed by atoms with Gasteiger partial charge in [-0.05, 0) is 36.0 Å². The summed E-state index contributed by atoms with van der Waals surface area (Å²) in [6.45, 7) is 2.18. The van der Waals surface area contributed by atoms with E-state index in [1.165, 1.54) is 12.8 Å². The largest absolute Gasteiger partial charge is 0.388 e. The minimum atomic E-state index is -0.294. The van der Waals surface area contributed by atoms with Crippen LogP contribution in [0.2, 0.25) is 5.02 Å². The van der Waals surface area contributed by atoms with E-state index < -0.39 is 0 Å². The van der Waals surface area contributed by atoms with Crippen molar-refractivity contribution < 1.29 is 5.11 Å². The smallest absolute Gasteiger partial charge is 0.0820 e. The quantitative estimate of drug-likeness (QED) is 0.811. The topological polar surface area (TPSA) is 20.2 Å². The zero-order valence-electron chi connectivity index (χ0n) is 8.28. The number of aliphatic hydroxyl groups excluding tert-OH is 1. The van der Waals surface area contributed by atoms with Gasteiger partial charge < -0.3 is 5.11 Å². The summed E-state index contributed by atoms with van der Waals surface area (Å²) in [5.74, 6) is 1.20. The average Bonchev–Trinajstić information content (AvgIpc) is 2.97. The van der Waals surface area contributed by atoms with Gasteiger partial charge in [0.1, 0.15) is 0 Å². The van der Waals surface area contributed by atoms with E-state index in [0.717, 1.165) is 16.5 Å². The molecule has 3 atom stereocenters. The van der Waals surface area contributed by atoms with E-state index in [9.17, 15) is 5.11 Å². The van der Waals surface area contributed by atoms with Gasteiger partial charge in [-0.15, -0.1) is 0 Å². The van der Waals surface area contributed by atoms with Crippen molar-refractivity contribution in [3.63, 3.8) is 0 Å². The Hall–Kier alpha value is -0.530. The van der Waals surface area contributed by atoms with Crippen molar-refractivity contribution in [2.45, 2.75) is 25.9 Å². The van der Waals surface area contributed by atoms with Crippen molar-refractivity contribution in [3.05, 3.63) is 34.9 Å². The fraction of sp³-hybridized carbons (Fsp3) is 0.500. The third-order valence-corrected chi connectivity index (χ3v) is 3.37. The van der Waals surface area contributed by atoms with Crippen LogP contribution in [0.5, 0.6) is 0 Å². The van der Waals surface area contributed by atoms with Gasteiger partial charge in [0, 0.05) is 5.02 Å². The highest BCUT2D eigenvalue weighted by atomic mass is 35.5. The molecule has 0 aromatic heterocycles. The Bertz CT molecular complexity index is 307. The van der Waals surface area contributed by atoms with Crippen molar-refractivity contribution in [1.82, 2.24) is 0 Å². The molecule has 2 rings (SSSR count). The number of aliphatic hydroxyl groups is 1. The van der Waals surface area contributed by atoms with Crippen molar-refractivity contribution in [3.8, 4) is 0 Å². The maximum absolute atomic E-state index is 10.0. The second-order valence-corrected chi connectivity index (χ2v) is 4.50. The molecule has 1 fully saturated rings. The molecule has 0 saturated heterocycles. The lowest BCUT2D eigenvalue weighted by Gasteiger charge is -2.10. The van der Waals surface area contributed by atoms with Crippen LogP contribution in [0, 0.1) is 11.8 Å². The fourth-order valence-corrected chi connectivity index (χ4v) is 2.16. The van der Waals surface area contributed by atoms with Crippen molar-refractivity contribution in [2.24, 2.45) is 11.8 Å². The van der Waals surface area contributed by atoms with Crippen LogP contribution in [0.3, 0.4) is 0 Å². The molecule has 0 spiro atoms. The molecule has 1 aliphatic carbocycles. The maximum Gasteiger partial charge on any atom is 0.0820 e. The molecule has 1 N–H and O–H groups in total. The maximum atomic E-state index is 10.0. The lowest BCUT2D eigenvalue weighted by Crippen LogP contribution is -2.00. The molecule has 14 heavy (non-hydrogen) atoms. The predicted molar refractivity (Wildman–Crippen MR) is 58.3 cm³/mol. The summed E-state index contributed by atoms with van der Waals surface area (Å²) in [5.41, 5.74) is 0.996. The number of hydrogen-bond donors (Lipinski definition) is 1. The van der Waals surface area contributed by atoms with Crippen LogP contribution in [-0.2, 0) is 0 Å². The first-order valence-electron chi connectivity index (χ1n) is 5.16. The molecule has 0 radical (unpaired) electrons. The number of rotatable bonds is 3. The molecule has 0 amide bonds. The Morgan fingerprint density at radius 2 is 2.07 bits per heavy atom. The first-order chi connectivity index (χ1) is 6.72. The van der Waals surface area contributed by atoms with E-state index in [4.69, 9.17) is 11.6 Å². The monoisotopic (exact) mass is 210 g/mol. The lowest BCUT2D eigenvalue weighted by molar-refractivity contribution is 0.146. The highest BCUT2D eigenvalue weighted by molar-refractivity contribution is 6.30. The van der Waals surface area contributed by atoms with Gasteiger partial charge in [0.25, 0.3) is 0 Å². The normalized spacial score (nSPS) is 27.4. The SMILES string of the molecule is CC[C@@H]1C[C@H]1C(O)c1ccc(Cl)cc1. The summed E-state index contributed by atoms with van der Waals surface area (Å²) in [5, 5.41) is 10.7. The predicted octanol–water partition coefficient (Wildman–Crippen LogP) is 3.42. The van der Waals surface area contributed by atoms with Crippen LogP contribution < -0.4 is 0 Å². The minimum Gasteiger partial charge on any atom is -0.388 e. The van der Waals surface area contributed by atoms with Crippen LogP contribution in [0.25, 0.3) is 0 Å². The Morgan fingerprint density at radius 1 is 1.43 bits per heavy atom. The van der Waals surface area contributed by atoms with Crippen LogP contribution in [0.1, 0.15) is 31.4 Å². The molecule has 0 bridgehead atoms. The zero-order valence-corrected chi connectivity index (χ0v) is 9.04. The van der Waals surface area contributed by atoms with Gasteiger partial charge >= 0.3 is 0 Å². The van der Waals surface area contributed by atoms with Gasteiger partial charge in [-0.3, -0.25) is 0 Å². The summed E-state index contributed by atoms with van der Waals surface area (Å²) in [4.78, 5) is 0. The summed E-state index contributed by atoms with van der Waals surface area (Å²) >= 11 is 5.79. The molecule has 76 valence electrons. The Labute approximate surface area is 89.7 Å². The van der Waals surface area contributed by atoms with E-state index >= 15 is 0 Å². The van der Waals surface area contributed by atoms with E-state index in [0.29, 0.717) is 5.92 Å². The molecule has 1 nitrogen and oxygen atoms in total. The van der Waals surface area contributed by atoms with Crippen LogP contribution >= 0.6 is 11.6 Å². The second kappa shape index (κ2) is 3.92.